The number of carbonyl (C=O) groups excluding carboxylic acids is 1. The van der Waals surface area contributed by atoms with E-state index in [1.807, 2.05) is 48.4 Å². The molecule has 0 bridgehead atoms. The van der Waals surface area contributed by atoms with E-state index in [-0.39, 0.29) is 11.8 Å². The lowest BCUT2D eigenvalue weighted by atomic mass is 9.95. The minimum absolute atomic E-state index is 0.118. The van der Waals surface area contributed by atoms with E-state index in [0.717, 1.165) is 61.5 Å². The summed E-state index contributed by atoms with van der Waals surface area (Å²) in [5.41, 5.74) is 3.31. The van der Waals surface area contributed by atoms with Crippen molar-refractivity contribution >= 4 is 5.91 Å². The molecular formula is C22H28N4O. The molecule has 1 aromatic carbocycles. The second kappa shape index (κ2) is 7.77. The van der Waals surface area contributed by atoms with E-state index in [2.05, 4.69) is 16.9 Å². The molecule has 0 aliphatic carbocycles. The number of carbonyl (C=O) groups is 1. The van der Waals surface area contributed by atoms with Gasteiger partial charge in [0, 0.05) is 37.2 Å². The lowest BCUT2D eigenvalue weighted by Crippen LogP contribution is -2.39. The highest BCUT2D eigenvalue weighted by Gasteiger charge is 2.28. The predicted molar refractivity (Wildman–Crippen MR) is 105 cm³/mol. The first-order valence-corrected chi connectivity index (χ1v) is 9.99. The lowest BCUT2D eigenvalue weighted by molar-refractivity contribution is -0.133. The highest BCUT2D eigenvalue weighted by molar-refractivity contribution is 5.83. The maximum absolute atomic E-state index is 12.9. The molecule has 1 atom stereocenters. The second-order valence-electron chi connectivity index (χ2n) is 7.92. The van der Waals surface area contributed by atoms with Gasteiger partial charge in [-0.05, 0) is 45.5 Å². The first kappa shape index (κ1) is 18.1. The summed E-state index contributed by atoms with van der Waals surface area (Å²) < 4.78 is 0. The maximum Gasteiger partial charge on any atom is 0.230 e. The molecule has 1 aromatic heterocycles. The molecule has 0 saturated carbocycles. The number of piperidine rings is 1. The van der Waals surface area contributed by atoms with Gasteiger partial charge in [0.05, 0.1) is 11.6 Å². The predicted octanol–water partition coefficient (Wildman–Crippen LogP) is 2.97. The minimum Gasteiger partial charge on any atom is -0.337 e. The largest absolute Gasteiger partial charge is 0.337 e. The standard InChI is InChI=1S/C22H28N4O/c1-16(17-6-4-3-5-7-17)22(27)26-13-10-20-19(15-26)14-23-21(24-20)18-8-11-25(2)12-9-18/h3-7,14,16,18H,8-13,15H2,1-2H3/t16-/m0/s1. The van der Waals surface area contributed by atoms with Crippen molar-refractivity contribution in [3.63, 3.8) is 0 Å². The van der Waals surface area contributed by atoms with Gasteiger partial charge in [0.15, 0.2) is 0 Å². The number of hydrogen-bond acceptors (Lipinski definition) is 4. The van der Waals surface area contributed by atoms with Crippen molar-refractivity contribution < 1.29 is 4.79 Å². The van der Waals surface area contributed by atoms with E-state index in [9.17, 15) is 4.79 Å². The van der Waals surface area contributed by atoms with Crippen molar-refractivity contribution in [3.05, 3.63) is 59.2 Å². The van der Waals surface area contributed by atoms with Crippen LogP contribution in [0.4, 0.5) is 0 Å². The molecule has 5 heteroatoms. The normalized spacial score (nSPS) is 19.6. The molecule has 0 N–H and O–H groups in total. The van der Waals surface area contributed by atoms with Gasteiger partial charge < -0.3 is 9.80 Å². The van der Waals surface area contributed by atoms with Crippen LogP contribution in [0.25, 0.3) is 0 Å². The van der Waals surface area contributed by atoms with Crippen molar-refractivity contribution in [1.82, 2.24) is 19.8 Å². The smallest absolute Gasteiger partial charge is 0.230 e. The molecule has 4 rings (SSSR count). The highest BCUT2D eigenvalue weighted by Crippen LogP contribution is 2.27. The number of fused-ring (bicyclic) bond motifs is 1. The third-order valence-corrected chi connectivity index (χ3v) is 6.02. The number of nitrogens with zero attached hydrogens (tertiary/aromatic N) is 4. The average molecular weight is 364 g/mol. The Bertz CT molecular complexity index is 799. The monoisotopic (exact) mass is 364 g/mol. The molecule has 1 saturated heterocycles. The van der Waals surface area contributed by atoms with Crippen LogP contribution in [0.2, 0.25) is 0 Å². The summed E-state index contributed by atoms with van der Waals surface area (Å²) in [6.07, 6.45) is 5.05. The first-order chi connectivity index (χ1) is 13.1. The summed E-state index contributed by atoms with van der Waals surface area (Å²) >= 11 is 0. The molecule has 0 radical (unpaired) electrons. The van der Waals surface area contributed by atoms with Crippen molar-refractivity contribution in [2.24, 2.45) is 0 Å². The first-order valence-electron chi connectivity index (χ1n) is 9.99. The van der Waals surface area contributed by atoms with Gasteiger partial charge >= 0.3 is 0 Å². The van der Waals surface area contributed by atoms with Crippen molar-refractivity contribution in [1.29, 1.82) is 0 Å². The van der Waals surface area contributed by atoms with E-state index < -0.39 is 0 Å². The minimum atomic E-state index is -0.118. The summed E-state index contributed by atoms with van der Waals surface area (Å²) in [4.78, 5) is 26.8. The SMILES string of the molecule is C[C@H](C(=O)N1CCc2nc(C3CCN(C)CC3)ncc2C1)c1ccccc1. The molecule has 1 fully saturated rings. The quantitative estimate of drug-likeness (QED) is 0.840. The van der Waals surface area contributed by atoms with Gasteiger partial charge in [-0.25, -0.2) is 9.97 Å². The van der Waals surface area contributed by atoms with Gasteiger partial charge in [-0.2, -0.15) is 0 Å². The molecule has 2 aromatic rings. The van der Waals surface area contributed by atoms with Gasteiger partial charge in [0.25, 0.3) is 0 Å². The van der Waals surface area contributed by atoms with E-state index in [4.69, 9.17) is 4.98 Å². The van der Waals surface area contributed by atoms with Crippen LogP contribution in [-0.2, 0) is 17.8 Å². The molecule has 0 unspecified atom stereocenters. The molecule has 2 aliphatic heterocycles. The van der Waals surface area contributed by atoms with Crippen molar-refractivity contribution in [2.45, 2.75) is 44.6 Å². The topological polar surface area (TPSA) is 49.3 Å². The van der Waals surface area contributed by atoms with Crippen molar-refractivity contribution in [3.8, 4) is 0 Å². The van der Waals surface area contributed by atoms with Crippen molar-refractivity contribution in [2.75, 3.05) is 26.7 Å². The fourth-order valence-electron chi connectivity index (χ4n) is 4.14. The van der Waals surface area contributed by atoms with E-state index >= 15 is 0 Å². The molecule has 142 valence electrons. The third kappa shape index (κ3) is 3.88. The number of hydrogen-bond donors (Lipinski definition) is 0. The van der Waals surface area contributed by atoms with Crippen LogP contribution in [0.3, 0.4) is 0 Å². The van der Waals surface area contributed by atoms with E-state index in [0.29, 0.717) is 12.5 Å². The van der Waals surface area contributed by atoms with Gasteiger partial charge in [0.2, 0.25) is 5.91 Å². The van der Waals surface area contributed by atoms with Crippen LogP contribution in [0, 0.1) is 0 Å². The van der Waals surface area contributed by atoms with Crippen LogP contribution in [-0.4, -0.2) is 52.4 Å². The Labute approximate surface area is 161 Å². The lowest BCUT2D eigenvalue weighted by Gasteiger charge is -2.32. The van der Waals surface area contributed by atoms with Crippen LogP contribution in [0.5, 0.6) is 0 Å². The fraction of sp³-hybridized carbons (Fsp3) is 0.500. The fourth-order valence-corrected chi connectivity index (χ4v) is 4.14. The number of amides is 1. The zero-order chi connectivity index (χ0) is 18.8. The zero-order valence-electron chi connectivity index (χ0n) is 16.3. The van der Waals surface area contributed by atoms with Gasteiger partial charge in [-0.3, -0.25) is 4.79 Å². The number of benzene rings is 1. The van der Waals surface area contributed by atoms with Gasteiger partial charge in [-0.15, -0.1) is 0 Å². The van der Waals surface area contributed by atoms with Crippen LogP contribution in [0.1, 0.15) is 54.2 Å². The van der Waals surface area contributed by atoms with E-state index in [1.54, 1.807) is 0 Å². The van der Waals surface area contributed by atoms with Crippen LogP contribution >= 0.6 is 0 Å². The number of likely N-dealkylation sites (tertiary alicyclic amines) is 1. The number of rotatable bonds is 3. The molecule has 2 aliphatic rings. The molecular weight excluding hydrogens is 336 g/mol. The Morgan fingerprint density at radius 3 is 2.63 bits per heavy atom. The average Bonchev–Trinajstić information content (AvgIpc) is 2.73. The summed E-state index contributed by atoms with van der Waals surface area (Å²) in [5.74, 6) is 1.54. The summed E-state index contributed by atoms with van der Waals surface area (Å²) in [7, 11) is 2.17. The molecule has 27 heavy (non-hydrogen) atoms. The van der Waals surface area contributed by atoms with Gasteiger partial charge in [-0.1, -0.05) is 30.3 Å². The zero-order valence-corrected chi connectivity index (χ0v) is 16.3. The summed E-state index contributed by atoms with van der Waals surface area (Å²) in [5, 5.41) is 0. The maximum atomic E-state index is 12.9. The van der Waals surface area contributed by atoms with Crippen LogP contribution in [0.15, 0.2) is 36.5 Å². The highest BCUT2D eigenvalue weighted by atomic mass is 16.2. The third-order valence-electron chi connectivity index (χ3n) is 6.02. The van der Waals surface area contributed by atoms with E-state index in [1.165, 1.54) is 0 Å². The molecule has 1 amide bonds. The Kier molecular flexibility index (Phi) is 5.21. The Morgan fingerprint density at radius 1 is 1.15 bits per heavy atom. The summed E-state index contributed by atoms with van der Waals surface area (Å²) in [6.45, 7) is 5.59. The number of aromatic nitrogens is 2. The summed E-state index contributed by atoms with van der Waals surface area (Å²) in [6, 6.07) is 10.0. The second-order valence-corrected chi connectivity index (χ2v) is 7.92. The van der Waals surface area contributed by atoms with Crippen LogP contribution < -0.4 is 0 Å². The molecule has 0 spiro atoms. The molecule has 3 heterocycles. The Morgan fingerprint density at radius 2 is 1.89 bits per heavy atom. The Hall–Kier alpha value is -2.27. The molecule has 5 nitrogen and oxygen atoms in total. The van der Waals surface area contributed by atoms with Gasteiger partial charge in [0.1, 0.15) is 5.82 Å². The Balaban J connectivity index is 1.45.